The lowest BCUT2D eigenvalue weighted by Gasteiger charge is -2.07. The minimum atomic E-state index is -0.958. The molecule has 0 atom stereocenters. The van der Waals surface area contributed by atoms with Gasteiger partial charge in [-0.15, -0.1) is 0 Å². The van der Waals surface area contributed by atoms with E-state index in [0.717, 1.165) is 55.7 Å². The van der Waals surface area contributed by atoms with Crippen LogP contribution in [0, 0.1) is 0 Å². The molecule has 0 N–H and O–H groups in total. The van der Waals surface area contributed by atoms with Gasteiger partial charge in [-0.25, -0.2) is 0 Å². The molecule has 0 aliphatic heterocycles. The first-order valence-corrected chi connectivity index (χ1v) is 9.55. The highest BCUT2D eigenvalue weighted by Crippen LogP contribution is 2.25. The number of aliphatic carboxylic acids is 1. The fourth-order valence-electron chi connectivity index (χ4n) is 3.06. The molecule has 0 fully saturated rings. The predicted octanol–water partition coefficient (Wildman–Crippen LogP) is 4.40. The largest absolute Gasteiger partial charge is 0.550 e. The number of carboxylic acid groups (broad SMARTS) is 1. The van der Waals surface area contributed by atoms with Crippen LogP contribution in [0.4, 0.5) is 0 Å². The minimum absolute atomic E-state index is 0.165. The molecule has 0 aliphatic carbocycles. The Morgan fingerprint density at radius 3 is 2.00 bits per heavy atom. The molecule has 26 heavy (non-hydrogen) atoms. The van der Waals surface area contributed by atoms with E-state index in [-0.39, 0.29) is 12.4 Å². The summed E-state index contributed by atoms with van der Waals surface area (Å²) in [6.45, 7) is 0. The van der Waals surface area contributed by atoms with Gasteiger partial charge in [0.1, 0.15) is 5.75 Å². The number of hydrogen-bond acceptors (Lipinski definition) is 4. The number of rotatable bonds is 12. The van der Waals surface area contributed by atoms with Crippen LogP contribution < -0.4 is 9.84 Å². The van der Waals surface area contributed by atoms with E-state index in [9.17, 15) is 14.7 Å². The molecule has 0 saturated carbocycles. The molecule has 0 amide bonds. The molecule has 4 nitrogen and oxygen atoms in total. The number of fused-ring (bicyclic) bond motifs is 1. The van der Waals surface area contributed by atoms with Gasteiger partial charge in [0, 0.05) is 17.8 Å². The zero-order valence-corrected chi connectivity index (χ0v) is 15.2. The van der Waals surface area contributed by atoms with Crippen molar-refractivity contribution < 1.29 is 19.4 Å². The lowest BCUT2D eigenvalue weighted by atomic mass is 10.1. The summed E-state index contributed by atoms with van der Waals surface area (Å²) in [7, 11) is 0. The molecule has 0 heterocycles. The number of unbranched alkanes of at least 4 members (excludes halogenated alkanes) is 7. The van der Waals surface area contributed by atoms with Crippen molar-refractivity contribution in [3.8, 4) is 5.75 Å². The van der Waals surface area contributed by atoms with Gasteiger partial charge in [0.25, 0.3) is 0 Å². The van der Waals surface area contributed by atoms with Crippen molar-refractivity contribution >= 4 is 22.7 Å². The monoisotopic (exact) mass is 355 g/mol. The molecule has 0 aliphatic rings. The fourth-order valence-corrected chi connectivity index (χ4v) is 3.06. The second-order valence-electron chi connectivity index (χ2n) is 6.65. The first kappa shape index (κ1) is 20.0. The number of benzene rings is 2. The van der Waals surface area contributed by atoms with Crippen LogP contribution in [0.25, 0.3) is 10.8 Å². The minimum Gasteiger partial charge on any atom is -0.550 e. The van der Waals surface area contributed by atoms with Crippen molar-refractivity contribution in [1.82, 2.24) is 0 Å². The number of esters is 1. The van der Waals surface area contributed by atoms with Crippen LogP contribution in [-0.4, -0.2) is 11.9 Å². The molecule has 2 aromatic rings. The average Bonchev–Trinajstić information content (AvgIpc) is 2.63. The quantitative estimate of drug-likeness (QED) is 0.322. The zero-order valence-electron chi connectivity index (χ0n) is 15.2. The van der Waals surface area contributed by atoms with E-state index < -0.39 is 5.97 Å². The summed E-state index contributed by atoms with van der Waals surface area (Å²) in [5.74, 6) is -0.506. The van der Waals surface area contributed by atoms with Crippen LogP contribution in [0.3, 0.4) is 0 Å². The van der Waals surface area contributed by atoms with Gasteiger partial charge in [-0.1, -0.05) is 74.9 Å². The Morgan fingerprint density at radius 2 is 1.31 bits per heavy atom. The van der Waals surface area contributed by atoms with Crippen molar-refractivity contribution in [3.63, 3.8) is 0 Å². The summed E-state index contributed by atoms with van der Waals surface area (Å²) in [4.78, 5) is 22.3. The normalized spacial score (nSPS) is 10.8. The lowest BCUT2D eigenvalue weighted by Crippen LogP contribution is -2.21. The van der Waals surface area contributed by atoms with Crippen LogP contribution in [-0.2, 0) is 9.59 Å². The van der Waals surface area contributed by atoms with Gasteiger partial charge < -0.3 is 14.6 Å². The van der Waals surface area contributed by atoms with Crippen LogP contribution in [0.2, 0.25) is 0 Å². The van der Waals surface area contributed by atoms with Gasteiger partial charge in [-0.2, -0.15) is 0 Å². The number of hydrogen-bond donors (Lipinski definition) is 0. The highest BCUT2D eigenvalue weighted by molar-refractivity contribution is 5.90. The molecule has 0 spiro atoms. The summed E-state index contributed by atoms with van der Waals surface area (Å²) >= 11 is 0. The summed E-state index contributed by atoms with van der Waals surface area (Å²) in [5, 5.41) is 12.3. The van der Waals surface area contributed by atoms with Crippen molar-refractivity contribution in [2.75, 3.05) is 0 Å². The maximum absolute atomic E-state index is 12.0. The second kappa shape index (κ2) is 11.3. The van der Waals surface area contributed by atoms with E-state index in [1.165, 1.54) is 0 Å². The molecular weight excluding hydrogens is 328 g/mol. The second-order valence-corrected chi connectivity index (χ2v) is 6.65. The maximum atomic E-state index is 12.0. The third-order valence-corrected chi connectivity index (χ3v) is 4.49. The lowest BCUT2D eigenvalue weighted by molar-refractivity contribution is -0.305. The summed E-state index contributed by atoms with van der Waals surface area (Å²) in [6.07, 6.45) is 8.54. The van der Waals surface area contributed by atoms with E-state index in [2.05, 4.69) is 0 Å². The Hall–Kier alpha value is -2.36. The molecule has 2 aromatic carbocycles. The number of carbonyl (C=O) groups is 2. The molecule has 0 radical (unpaired) electrons. The molecule has 0 saturated heterocycles. The van der Waals surface area contributed by atoms with Crippen molar-refractivity contribution in [2.45, 2.75) is 64.2 Å². The molecule has 4 heteroatoms. The number of carbonyl (C=O) groups excluding carboxylic acids is 2. The molecule has 0 aromatic heterocycles. The summed E-state index contributed by atoms with van der Waals surface area (Å²) in [5.41, 5.74) is 0. The van der Waals surface area contributed by atoms with Gasteiger partial charge in [0.2, 0.25) is 0 Å². The number of carboxylic acids is 1. The standard InChI is InChI=1S/C22H28O4/c23-21(24)16-7-5-3-1-2-4-6-8-17-22(25)26-20-15-11-13-18-12-9-10-14-19(18)20/h9-15H,1-8,16-17H2,(H,23,24)/p-1. The zero-order chi connectivity index (χ0) is 18.6. The third kappa shape index (κ3) is 7.26. The van der Waals surface area contributed by atoms with Crippen molar-refractivity contribution in [1.29, 1.82) is 0 Å². The SMILES string of the molecule is O=C([O-])CCCCCCCCCCC(=O)Oc1cccc2ccccc12. The van der Waals surface area contributed by atoms with Crippen LogP contribution in [0.1, 0.15) is 64.2 Å². The molecular formula is C22H27O4-. The first-order valence-electron chi connectivity index (χ1n) is 9.55. The Morgan fingerprint density at radius 1 is 0.731 bits per heavy atom. The Labute approximate surface area is 155 Å². The van der Waals surface area contributed by atoms with Gasteiger partial charge in [-0.05, 0) is 30.7 Å². The van der Waals surface area contributed by atoms with Crippen molar-refractivity contribution in [3.05, 3.63) is 42.5 Å². The Kier molecular flexibility index (Phi) is 8.67. The fraction of sp³-hybridized carbons (Fsp3) is 0.455. The number of ether oxygens (including phenoxy) is 1. The smallest absolute Gasteiger partial charge is 0.311 e. The molecule has 0 unspecified atom stereocenters. The van der Waals surface area contributed by atoms with E-state index in [4.69, 9.17) is 4.74 Å². The van der Waals surface area contributed by atoms with Gasteiger partial charge in [0.15, 0.2) is 0 Å². The molecule has 0 bridgehead atoms. The summed E-state index contributed by atoms with van der Waals surface area (Å²) in [6, 6.07) is 13.6. The Balaban J connectivity index is 1.56. The van der Waals surface area contributed by atoms with E-state index in [0.29, 0.717) is 18.6 Å². The molecule has 2 rings (SSSR count). The van der Waals surface area contributed by atoms with Gasteiger partial charge >= 0.3 is 5.97 Å². The topological polar surface area (TPSA) is 66.4 Å². The van der Waals surface area contributed by atoms with Crippen molar-refractivity contribution in [2.24, 2.45) is 0 Å². The van der Waals surface area contributed by atoms with Gasteiger partial charge in [0.05, 0.1) is 0 Å². The van der Waals surface area contributed by atoms with Gasteiger partial charge in [-0.3, -0.25) is 4.79 Å². The highest BCUT2D eigenvalue weighted by atomic mass is 16.5. The predicted molar refractivity (Wildman–Crippen MR) is 101 cm³/mol. The Bertz CT molecular complexity index is 703. The van der Waals surface area contributed by atoms with E-state index >= 15 is 0 Å². The summed E-state index contributed by atoms with van der Waals surface area (Å²) < 4.78 is 5.53. The highest BCUT2D eigenvalue weighted by Gasteiger charge is 2.07. The average molecular weight is 355 g/mol. The maximum Gasteiger partial charge on any atom is 0.311 e. The third-order valence-electron chi connectivity index (χ3n) is 4.49. The van der Waals surface area contributed by atoms with Crippen LogP contribution in [0.5, 0.6) is 5.75 Å². The van der Waals surface area contributed by atoms with Crippen LogP contribution >= 0.6 is 0 Å². The van der Waals surface area contributed by atoms with Crippen LogP contribution in [0.15, 0.2) is 42.5 Å². The van der Waals surface area contributed by atoms with E-state index in [1.54, 1.807) is 0 Å². The molecule has 140 valence electrons. The first-order chi connectivity index (χ1) is 12.7. The van der Waals surface area contributed by atoms with E-state index in [1.807, 2.05) is 42.5 Å².